The van der Waals surface area contributed by atoms with E-state index in [0.29, 0.717) is 17.6 Å². The summed E-state index contributed by atoms with van der Waals surface area (Å²) in [6, 6.07) is 0. The molecule has 2 aliphatic rings. The minimum absolute atomic E-state index is 0.454. The van der Waals surface area contributed by atoms with Crippen molar-refractivity contribution in [2.75, 3.05) is 0 Å². The normalized spacial score (nSPS) is 34.5. The quantitative estimate of drug-likeness (QED) is 0.652. The van der Waals surface area contributed by atoms with Crippen LogP contribution in [0.3, 0.4) is 0 Å². The van der Waals surface area contributed by atoms with Gasteiger partial charge in [0, 0.05) is 11.8 Å². The number of carbonyl (C=O) groups is 1. The maximum atomic E-state index is 11.9. The third-order valence-corrected chi connectivity index (χ3v) is 3.82. The second kappa shape index (κ2) is 3.81. The first-order chi connectivity index (χ1) is 6.33. The fourth-order valence-corrected chi connectivity index (χ4v) is 2.74. The van der Waals surface area contributed by atoms with Crippen LogP contribution in [0, 0.1) is 17.8 Å². The van der Waals surface area contributed by atoms with E-state index in [1.165, 1.54) is 44.9 Å². The van der Waals surface area contributed by atoms with Crippen molar-refractivity contribution in [3.05, 3.63) is 0 Å². The number of hydrogen-bond donors (Lipinski definition) is 0. The third kappa shape index (κ3) is 1.95. The lowest BCUT2D eigenvalue weighted by Crippen LogP contribution is -2.19. The molecule has 0 saturated heterocycles. The Morgan fingerprint density at radius 3 is 2.46 bits per heavy atom. The molecule has 74 valence electrons. The fraction of sp³-hybridized carbons (Fsp3) is 0.917. The first-order valence-corrected chi connectivity index (χ1v) is 5.86. The van der Waals surface area contributed by atoms with Gasteiger partial charge >= 0.3 is 0 Å². The molecule has 2 rings (SSSR count). The molecule has 0 aliphatic heterocycles. The molecule has 0 bridgehead atoms. The Morgan fingerprint density at radius 2 is 1.92 bits per heavy atom. The highest BCUT2D eigenvalue weighted by Crippen LogP contribution is 2.44. The lowest BCUT2D eigenvalue weighted by Gasteiger charge is -2.20. The summed E-state index contributed by atoms with van der Waals surface area (Å²) in [7, 11) is 0. The Bertz CT molecular complexity index is 191. The van der Waals surface area contributed by atoms with Crippen LogP contribution in [0.25, 0.3) is 0 Å². The zero-order chi connectivity index (χ0) is 9.26. The largest absolute Gasteiger partial charge is 0.299 e. The monoisotopic (exact) mass is 180 g/mol. The van der Waals surface area contributed by atoms with Crippen molar-refractivity contribution in [3.63, 3.8) is 0 Å². The van der Waals surface area contributed by atoms with Crippen molar-refractivity contribution in [2.45, 2.75) is 51.9 Å². The maximum absolute atomic E-state index is 11.9. The Labute approximate surface area is 80.9 Å². The van der Waals surface area contributed by atoms with Crippen LogP contribution < -0.4 is 0 Å². The van der Waals surface area contributed by atoms with Crippen molar-refractivity contribution in [1.82, 2.24) is 0 Å². The summed E-state index contributed by atoms with van der Waals surface area (Å²) in [5.41, 5.74) is 0. The Balaban J connectivity index is 1.83. The molecule has 0 spiro atoms. The van der Waals surface area contributed by atoms with Gasteiger partial charge in [0.05, 0.1) is 0 Å². The average Bonchev–Trinajstić information content (AvgIpc) is 2.97. The van der Waals surface area contributed by atoms with Crippen LogP contribution in [0.4, 0.5) is 0 Å². The molecule has 0 radical (unpaired) electrons. The molecule has 0 N–H and O–H groups in total. The van der Waals surface area contributed by atoms with Gasteiger partial charge in [0.25, 0.3) is 0 Å². The molecular formula is C12H20O. The van der Waals surface area contributed by atoms with Crippen molar-refractivity contribution in [2.24, 2.45) is 17.8 Å². The van der Waals surface area contributed by atoms with E-state index in [1.54, 1.807) is 0 Å². The van der Waals surface area contributed by atoms with Gasteiger partial charge in [-0.15, -0.1) is 0 Å². The van der Waals surface area contributed by atoms with E-state index in [4.69, 9.17) is 0 Å². The number of ketones is 1. The summed E-state index contributed by atoms with van der Waals surface area (Å²) in [5, 5.41) is 0. The molecule has 2 fully saturated rings. The van der Waals surface area contributed by atoms with Gasteiger partial charge in [0.2, 0.25) is 0 Å². The summed E-state index contributed by atoms with van der Waals surface area (Å²) in [6.45, 7) is 2.21. The Hall–Kier alpha value is -0.330. The van der Waals surface area contributed by atoms with E-state index >= 15 is 0 Å². The Morgan fingerprint density at radius 1 is 1.23 bits per heavy atom. The number of Topliss-reactive ketones (excluding diaryl/α,β-unsaturated/α-hetero) is 1. The van der Waals surface area contributed by atoms with Crippen LogP contribution in [-0.4, -0.2) is 5.78 Å². The summed E-state index contributed by atoms with van der Waals surface area (Å²) in [5.74, 6) is 2.31. The molecule has 0 heterocycles. The summed E-state index contributed by atoms with van der Waals surface area (Å²) >= 11 is 0. The van der Waals surface area contributed by atoms with E-state index in [2.05, 4.69) is 6.92 Å². The van der Waals surface area contributed by atoms with E-state index in [9.17, 15) is 4.79 Å². The lowest BCUT2D eigenvalue weighted by atomic mass is 9.84. The highest BCUT2D eigenvalue weighted by molar-refractivity contribution is 5.86. The number of rotatable bonds is 3. The van der Waals surface area contributed by atoms with Crippen molar-refractivity contribution in [1.29, 1.82) is 0 Å². The van der Waals surface area contributed by atoms with Crippen molar-refractivity contribution in [3.8, 4) is 0 Å². The molecule has 2 aliphatic carbocycles. The second-order valence-electron chi connectivity index (χ2n) is 4.75. The average molecular weight is 180 g/mol. The van der Waals surface area contributed by atoms with Crippen LogP contribution in [0.2, 0.25) is 0 Å². The topological polar surface area (TPSA) is 17.1 Å². The van der Waals surface area contributed by atoms with E-state index in [-0.39, 0.29) is 0 Å². The number of hydrogen-bond acceptors (Lipinski definition) is 1. The molecule has 2 unspecified atom stereocenters. The standard InChI is InChI=1S/C12H20O/c1-2-9-8-11(9)12(13)10-6-4-3-5-7-10/h9-11H,2-8H2,1H3. The van der Waals surface area contributed by atoms with Gasteiger partial charge in [-0.3, -0.25) is 4.79 Å². The third-order valence-electron chi connectivity index (χ3n) is 3.82. The Kier molecular flexibility index (Phi) is 2.71. The molecule has 0 aromatic rings. The van der Waals surface area contributed by atoms with Crippen LogP contribution in [-0.2, 0) is 4.79 Å². The zero-order valence-electron chi connectivity index (χ0n) is 8.59. The zero-order valence-corrected chi connectivity index (χ0v) is 8.59. The highest BCUT2D eigenvalue weighted by Gasteiger charge is 2.43. The van der Waals surface area contributed by atoms with Gasteiger partial charge in [0.15, 0.2) is 0 Å². The molecule has 1 heteroatoms. The van der Waals surface area contributed by atoms with Crippen molar-refractivity contribution >= 4 is 5.78 Å². The van der Waals surface area contributed by atoms with Gasteiger partial charge in [-0.25, -0.2) is 0 Å². The van der Waals surface area contributed by atoms with Gasteiger partial charge in [-0.2, -0.15) is 0 Å². The highest BCUT2D eigenvalue weighted by atomic mass is 16.1. The van der Waals surface area contributed by atoms with Gasteiger partial charge in [-0.1, -0.05) is 32.6 Å². The first-order valence-electron chi connectivity index (χ1n) is 5.86. The molecule has 2 atom stereocenters. The predicted molar refractivity (Wildman–Crippen MR) is 53.5 cm³/mol. The molecule has 0 amide bonds. The van der Waals surface area contributed by atoms with Gasteiger partial charge < -0.3 is 0 Å². The van der Waals surface area contributed by atoms with Crippen molar-refractivity contribution < 1.29 is 4.79 Å². The number of carbonyl (C=O) groups excluding carboxylic acids is 1. The smallest absolute Gasteiger partial charge is 0.139 e. The van der Waals surface area contributed by atoms with E-state index in [1.807, 2.05) is 0 Å². The first kappa shape index (κ1) is 9.23. The van der Waals surface area contributed by atoms with Crippen LogP contribution in [0.15, 0.2) is 0 Å². The SMILES string of the molecule is CCC1CC1C(=O)C1CCCCC1. The molecule has 2 saturated carbocycles. The van der Waals surface area contributed by atoms with E-state index in [0.717, 1.165) is 5.92 Å². The minimum atomic E-state index is 0.454. The molecule has 1 nitrogen and oxygen atoms in total. The van der Waals surface area contributed by atoms with Gasteiger partial charge in [0.1, 0.15) is 5.78 Å². The summed E-state index contributed by atoms with van der Waals surface area (Å²) in [4.78, 5) is 11.9. The summed E-state index contributed by atoms with van der Waals surface area (Å²) < 4.78 is 0. The molecular weight excluding hydrogens is 160 g/mol. The van der Waals surface area contributed by atoms with Gasteiger partial charge in [-0.05, 0) is 25.2 Å². The van der Waals surface area contributed by atoms with E-state index < -0.39 is 0 Å². The molecule has 13 heavy (non-hydrogen) atoms. The fourth-order valence-electron chi connectivity index (χ4n) is 2.74. The predicted octanol–water partition coefficient (Wildman–Crippen LogP) is 3.18. The van der Waals surface area contributed by atoms with Crippen LogP contribution in [0.5, 0.6) is 0 Å². The second-order valence-corrected chi connectivity index (χ2v) is 4.75. The minimum Gasteiger partial charge on any atom is -0.299 e. The summed E-state index contributed by atoms with van der Waals surface area (Å²) in [6.07, 6.45) is 8.72. The van der Waals surface area contributed by atoms with Crippen LogP contribution in [0.1, 0.15) is 51.9 Å². The van der Waals surface area contributed by atoms with Crippen LogP contribution >= 0.6 is 0 Å². The molecule has 0 aromatic heterocycles. The lowest BCUT2D eigenvalue weighted by molar-refractivity contribution is -0.125. The maximum Gasteiger partial charge on any atom is 0.139 e. The molecule has 0 aromatic carbocycles.